The summed E-state index contributed by atoms with van der Waals surface area (Å²) < 4.78 is 9.93. The molecule has 0 aliphatic carbocycles. The molecule has 0 spiro atoms. The van der Waals surface area contributed by atoms with E-state index in [1.54, 1.807) is 14.0 Å². The number of carbonyl (C=O) groups excluding carboxylic acids is 1. The van der Waals surface area contributed by atoms with Crippen molar-refractivity contribution in [2.75, 3.05) is 13.7 Å². The van der Waals surface area contributed by atoms with Gasteiger partial charge < -0.3 is 15.2 Å². The van der Waals surface area contributed by atoms with Crippen LogP contribution in [0.1, 0.15) is 24.9 Å². The van der Waals surface area contributed by atoms with E-state index in [-0.39, 0.29) is 12.0 Å². The van der Waals surface area contributed by atoms with E-state index in [0.717, 1.165) is 11.3 Å². The van der Waals surface area contributed by atoms with Crippen LogP contribution in [0.2, 0.25) is 0 Å². The van der Waals surface area contributed by atoms with Gasteiger partial charge in [0.25, 0.3) is 0 Å². The fraction of sp³-hybridized carbons (Fsp3) is 0.417. The Bertz CT molecular complexity index is 335. The van der Waals surface area contributed by atoms with Crippen LogP contribution in [-0.2, 0) is 9.53 Å². The van der Waals surface area contributed by atoms with E-state index in [4.69, 9.17) is 9.47 Å². The number of hydrogen-bond donors (Lipinski definition) is 1. The lowest BCUT2D eigenvalue weighted by Crippen LogP contribution is -2.54. The summed E-state index contributed by atoms with van der Waals surface area (Å²) in [5, 5.41) is 0. The first-order valence-electron chi connectivity index (χ1n) is 5.30. The molecule has 0 fully saturated rings. The van der Waals surface area contributed by atoms with Crippen molar-refractivity contribution < 1.29 is 20.0 Å². The zero-order valence-electron chi connectivity index (χ0n) is 9.73. The summed E-state index contributed by atoms with van der Waals surface area (Å²) in [5.41, 5.74) is 4.95. The van der Waals surface area contributed by atoms with Gasteiger partial charge in [0, 0.05) is 5.56 Å². The van der Waals surface area contributed by atoms with Gasteiger partial charge in [0.2, 0.25) is 0 Å². The summed E-state index contributed by atoms with van der Waals surface area (Å²) in [6, 6.07) is 7.47. The average molecular weight is 224 g/mol. The van der Waals surface area contributed by atoms with Crippen LogP contribution >= 0.6 is 0 Å². The predicted molar refractivity (Wildman–Crippen MR) is 59.9 cm³/mol. The Balaban J connectivity index is 2.58. The van der Waals surface area contributed by atoms with E-state index in [1.807, 2.05) is 24.3 Å². The zero-order chi connectivity index (χ0) is 12.0. The van der Waals surface area contributed by atoms with Gasteiger partial charge in [-0.3, -0.25) is 4.79 Å². The van der Waals surface area contributed by atoms with Gasteiger partial charge in [-0.2, -0.15) is 0 Å². The standard InChI is InChI=1S/C12H17NO3/c1-3-16-12(14)8-11(13)9-4-6-10(15-2)7-5-9/h4-7,11H,3,8,13H2,1-2H3/p+1/t11-/m1/s1. The molecule has 88 valence electrons. The number of quaternary nitrogens is 1. The van der Waals surface area contributed by atoms with Crippen molar-refractivity contribution in [2.24, 2.45) is 0 Å². The Morgan fingerprint density at radius 2 is 2.00 bits per heavy atom. The van der Waals surface area contributed by atoms with Crippen LogP contribution in [0, 0.1) is 0 Å². The number of methoxy groups -OCH3 is 1. The molecule has 16 heavy (non-hydrogen) atoms. The number of carbonyl (C=O) groups is 1. The minimum absolute atomic E-state index is 0.0787. The molecule has 0 aliphatic heterocycles. The Labute approximate surface area is 95.3 Å². The number of hydrogen-bond acceptors (Lipinski definition) is 3. The average Bonchev–Trinajstić information content (AvgIpc) is 2.29. The summed E-state index contributed by atoms with van der Waals surface area (Å²) in [6.07, 6.45) is 0.306. The molecule has 1 aromatic rings. The predicted octanol–water partition coefficient (Wildman–Crippen LogP) is 0.931. The zero-order valence-corrected chi connectivity index (χ0v) is 9.73. The van der Waals surface area contributed by atoms with Crippen LogP contribution in [0.4, 0.5) is 0 Å². The van der Waals surface area contributed by atoms with Crippen molar-refractivity contribution in [1.82, 2.24) is 0 Å². The van der Waals surface area contributed by atoms with Gasteiger partial charge in [0.15, 0.2) is 0 Å². The molecular weight excluding hydrogens is 206 g/mol. The second kappa shape index (κ2) is 6.12. The Morgan fingerprint density at radius 1 is 1.38 bits per heavy atom. The molecule has 1 rings (SSSR count). The maximum atomic E-state index is 11.3. The van der Waals surface area contributed by atoms with E-state index in [2.05, 4.69) is 5.73 Å². The van der Waals surface area contributed by atoms with Gasteiger partial charge in [-0.1, -0.05) is 0 Å². The van der Waals surface area contributed by atoms with Gasteiger partial charge in [-0.15, -0.1) is 0 Å². The van der Waals surface area contributed by atoms with Crippen LogP contribution in [0.5, 0.6) is 5.75 Å². The number of ether oxygens (including phenoxy) is 2. The molecule has 0 unspecified atom stereocenters. The van der Waals surface area contributed by atoms with Crippen LogP contribution in [-0.4, -0.2) is 19.7 Å². The van der Waals surface area contributed by atoms with Crippen LogP contribution < -0.4 is 10.5 Å². The maximum Gasteiger partial charge on any atom is 0.312 e. The third-order valence-electron chi connectivity index (χ3n) is 2.31. The molecule has 3 N–H and O–H groups in total. The summed E-state index contributed by atoms with van der Waals surface area (Å²) in [5.74, 6) is 0.588. The second-order valence-electron chi connectivity index (χ2n) is 3.48. The SMILES string of the molecule is CCOC(=O)C[C@@H]([NH3+])c1ccc(OC)cc1. The van der Waals surface area contributed by atoms with Crippen molar-refractivity contribution in [3.05, 3.63) is 29.8 Å². The maximum absolute atomic E-state index is 11.3. The smallest absolute Gasteiger partial charge is 0.312 e. The molecule has 0 aromatic heterocycles. The topological polar surface area (TPSA) is 63.2 Å². The van der Waals surface area contributed by atoms with Gasteiger partial charge in [0.1, 0.15) is 18.2 Å². The highest BCUT2D eigenvalue weighted by molar-refractivity contribution is 5.70. The minimum atomic E-state index is -0.210. The Kier molecular flexibility index (Phi) is 4.79. The van der Waals surface area contributed by atoms with Crippen molar-refractivity contribution in [3.63, 3.8) is 0 Å². The summed E-state index contributed by atoms with van der Waals surface area (Å²) >= 11 is 0. The number of benzene rings is 1. The second-order valence-corrected chi connectivity index (χ2v) is 3.48. The first-order valence-corrected chi connectivity index (χ1v) is 5.30. The van der Waals surface area contributed by atoms with Crippen molar-refractivity contribution in [3.8, 4) is 5.75 Å². The molecule has 0 amide bonds. The van der Waals surface area contributed by atoms with Crippen molar-refractivity contribution in [1.29, 1.82) is 0 Å². The first kappa shape index (κ1) is 12.5. The Morgan fingerprint density at radius 3 is 2.50 bits per heavy atom. The summed E-state index contributed by atoms with van der Waals surface area (Å²) in [7, 11) is 1.62. The molecule has 0 heterocycles. The third kappa shape index (κ3) is 3.55. The largest absolute Gasteiger partial charge is 0.497 e. The fourth-order valence-electron chi connectivity index (χ4n) is 1.42. The fourth-order valence-corrected chi connectivity index (χ4v) is 1.42. The lowest BCUT2D eigenvalue weighted by molar-refractivity contribution is -0.425. The van der Waals surface area contributed by atoms with E-state index in [1.165, 1.54) is 0 Å². The molecular formula is C12H18NO3+. The van der Waals surface area contributed by atoms with E-state index in [9.17, 15) is 4.79 Å². The van der Waals surface area contributed by atoms with Gasteiger partial charge in [0.05, 0.1) is 13.7 Å². The molecule has 0 aliphatic rings. The monoisotopic (exact) mass is 224 g/mol. The quantitative estimate of drug-likeness (QED) is 0.757. The molecule has 4 nitrogen and oxygen atoms in total. The van der Waals surface area contributed by atoms with Gasteiger partial charge in [-0.25, -0.2) is 0 Å². The molecule has 1 atom stereocenters. The van der Waals surface area contributed by atoms with E-state index < -0.39 is 0 Å². The lowest BCUT2D eigenvalue weighted by atomic mass is 10.0. The normalized spacial score (nSPS) is 11.9. The van der Waals surface area contributed by atoms with Crippen LogP contribution in [0.25, 0.3) is 0 Å². The first-order chi connectivity index (χ1) is 7.67. The number of esters is 1. The van der Waals surface area contributed by atoms with Crippen LogP contribution in [0.15, 0.2) is 24.3 Å². The highest BCUT2D eigenvalue weighted by Gasteiger charge is 2.15. The van der Waals surface area contributed by atoms with Crippen molar-refractivity contribution in [2.45, 2.75) is 19.4 Å². The molecule has 0 saturated carbocycles. The van der Waals surface area contributed by atoms with Crippen molar-refractivity contribution >= 4 is 5.97 Å². The van der Waals surface area contributed by atoms with Gasteiger partial charge in [-0.05, 0) is 31.2 Å². The summed E-state index contributed by atoms with van der Waals surface area (Å²) in [4.78, 5) is 11.3. The third-order valence-corrected chi connectivity index (χ3v) is 2.31. The van der Waals surface area contributed by atoms with E-state index >= 15 is 0 Å². The van der Waals surface area contributed by atoms with E-state index in [0.29, 0.717) is 13.0 Å². The number of rotatable bonds is 5. The molecule has 0 bridgehead atoms. The lowest BCUT2D eigenvalue weighted by Gasteiger charge is -2.08. The highest BCUT2D eigenvalue weighted by Crippen LogP contribution is 2.17. The van der Waals surface area contributed by atoms with Crippen LogP contribution in [0.3, 0.4) is 0 Å². The molecule has 1 aromatic carbocycles. The highest BCUT2D eigenvalue weighted by atomic mass is 16.5. The van der Waals surface area contributed by atoms with Gasteiger partial charge >= 0.3 is 5.97 Å². The Hall–Kier alpha value is -1.55. The molecule has 0 saturated heterocycles. The molecule has 0 radical (unpaired) electrons. The minimum Gasteiger partial charge on any atom is -0.497 e. The summed E-state index contributed by atoms with van der Waals surface area (Å²) in [6.45, 7) is 2.21. The molecule has 4 heteroatoms.